The summed E-state index contributed by atoms with van der Waals surface area (Å²) >= 11 is 0. The lowest BCUT2D eigenvalue weighted by molar-refractivity contribution is -0.120. The fraction of sp³-hybridized carbons (Fsp3) is 0.273. The minimum absolute atomic E-state index is 0.200. The van der Waals surface area contributed by atoms with Crippen molar-refractivity contribution in [1.29, 1.82) is 0 Å². The van der Waals surface area contributed by atoms with Crippen molar-refractivity contribution in [2.45, 2.75) is 0 Å². The molecule has 7 nitrogen and oxygen atoms in total. The van der Waals surface area contributed by atoms with E-state index in [1.165, 1.54) is 26.4 Å². The maximum atomic E-state index is 11.8. The first kappa shape index (κ1) is 13.8. The molecule has 0 aliphatic carbocycles. The predicted octanol–water partition coefficient (Wildman–Crippen LogP) is -0.576. The molecule has 98 valence electrons. The zero-order valence-corrected chi connectivity index (χ0v) is 10.1. The summed E-state index contributed by atoms with van der Waals surface area (Å²) in [7, 11) is 2.97. The van der Waals surface area contributed by atoms with E-state index >= 15 is 0 Å². The van der Waals surface area contributed by atoms with Gasteiger partial charge in [0.15, 0.2) is 0 Å². The summed E-state index contributed by atoms with van der Waals surface area (Å²) in [5.41, 5.74) is 2.24. The van der Waals surface area contributed by atoms with Crippen molar-refractivity contribution >= 4 is 11.8 Å². The molecule has 0 radical (unpaired) electrons. The second-order valence-electron chi connectivity index (χ2n) is 3.35. The van der Waals surface area contributed by atoms with Crippen LogP contribution in [-0.4, -0.2) is 32.6 Å². The maximum Gasteiger partial charge on any atom is 0.253 e. The zero-order valence-electron chi connectivity index (χ0n) is 10.1. The zero-order chi connectivity index (χ0) is 13.5. The number of ether oxygens (including phenoxy) is 2. The Hall–Kier alpha value is -2.28. The third kappa shape index (κ3) is 3.63. The number of nitrogens with two attached hydrogens (primary N) is 1. The lowest BCUT2D eigenvalue weighted by Gasteiger charge is -2.08. The molecule has 1 aromatic rings. The molecule has 0 fully saturated rings. The molecular formula is C11H15N3O4. The fourth-order valence-corrected chi connectivity index (χ4v) is 1.25. The SMILES string of the molecule is COc1cc(OC)cc(C(=O)NCC(=O)NN)c1. The van der Waals surface area contributed by atoms with E-state index < -0.39 is 11.8 Å². The summed E-state index contributed by atoms with van der Waals surface area (Å²) in [6, 6.07) is 4.72. The first-order chi connectivity index (χ1) is 8.60. The molecule has 7 heteroatoms. The third-order valence-electron chi connectivity index (χ3n) is 2.18. The lowest BCUT2D eigenvalue weighted by Crippen LogP contribution is -2.40. The normalized spacial score (nSPS) is 9.50. The van der Waals surface area contributed by atoms with Gasteiger partial charge in [-0.25, -0.2) is 5.84 Å². The van der Waals surface area contributed by atoms with E-state index in [0.717, 1.165) is 0 Å². The Morgan fingerprint density at radius 3 is 2.17 bits per heavy atom. The molecule has 0 saturated carbocycles. The maximum absolute atomic E-state index is 11.8. The molecule has 0 aliphatic rings. The van der Waals surface area contributed by atoms with Crippen molar-refractivity contribution in [3.05, 3.63) is 23.8 Å². The van der Waals surface area contributed by atoms with Crippen LogP contribution in [-0.2, 0) is 4.79 Å². The Labute approximate surface area is 104 Å². The lowest BCUT2D eigenvalue weighted by atomic mass is 10.2. The predicted molar refractivity (Wildman–Crippen MR) is 64.2 cm³/mol. The Balaban J connectivity index is 2.81. The van der Waals surface area contributed by atoms with Crippen LogP contribution in [0.25, 0.3) is 0 Å². The van der Waals surface area contributed by atoms with Crippen LogP contribution in [0.2, 0.25) is 0 Å². The summed E-state index contributed by atoms with van der Waals surface area (Å²) in [4.78, 5) is 22.7. The monoisotopic (exact) mass is 253 g/mol. The van der Waals surface area contributed by atoms with Crippen LogP contribution >= 0.6 is 0 Å². The van der Waals surface area contributed by atoms with Gasteiger partial charge in [0.1, 0.15) is 11.5 Å². The first-order valence-corrected chi connectivity index (χ1v) is 5.11. The Morgan fingerprint density at radius 1 is 1.17 bits per heavy atom. The van der Waals surface area contributed by atoms with Crippen molar-refractivity contribution < 1.29 is 19.1 Å². The average Bonchev–Trinajstić information content (AvgIpc) is 2.43. The average molecular weight is 253 g/mol. The van der Waals surface area contributed by atoms with Crippen molar-refractivity contribution in [3.63, 3.8) is 0 Å². The van der Waals surface area contributed by atoms with Gasteiger partial charge in [-0.15, -0.1) is 0 Å². The standard InChI is InChI=1S/C11H15N3O4/c1-17-8-3-7(4-9(5-8)18-2)11(16)13-6-10(15)14-12/h3-5H,6,12H2,1-2H3,(H,13,16)(H,14,15). The number of hydrogen-bond acceptors (Lipinski definition) is 5. The highest BCUT2D eigenvalue weighted by Crippen LogP contribution is 2.22. The van der Waals surface area contributed by atoms with Gasteiger partial charge >= 0.3 is 0 Å². The molecule has 0 aromatic heterocycles. The number of nitrogens with one attached hydrogen (secondary N) is 2. The van der Waals surface area contributed by atoms with E-state index in [2.05, 4.69) is 5.32 Å². The summed E-state index contributed by atoms with van der Waals surface area (Å²) < 4.78 is 10.1. The second kappa shape index (κ2) is 6.45. The number of benzene rings is 1. The third-order valence-corrected chi connectivity index (χ3v) is 2.18. The van der Waals surface area contributed by atoms with E-state index in [-0.39, 0.29) is 6.54 Å². The summed E-state index contributed by atoms with van der Waals surface area (Å²) in [5, 5.41) is 2.41. The van der Waals surface area contributed by atoms with Crippen LogP contribution in [0.4, 0.5) is 0 Å². The fourth-order valence-electron chi connectivity index (χ4n) is 1.25. The van der Waals surface area contributed by atoms with Crippen LogP contribution in [0.15, 0.2) is 18.2 Å². The number of rotatable bonds is 5. The molecule has 0 bridgehead atoms. The highest BCUT2D eigenvalue weighted by atomic mass is 16.5. The van der Waals surface area contributed by atoms with E-state index in [0.29, 0.717) is 17.1 Å². The molecule has 1 rings (SSSR count). The molecule has 0 heterocycles. The van der Waals surface area contributed by atoms with Gasteiger partial charge in [-0.3, -0.25) is 15.0 Å². The van der Waals surface area contributed by atoms with Crippen molar-refractivity contribution in [2.24, 2.45) is 5.84 Å². The molecule has 1 aromatic carbocycles. The van der Waals surface area contributed by atoms with Gasteiger partial charge in [0.2, 0.25) is 0 Å². The number of hydrazine groups is 1. The van der Waals surface area contributed by atoms with Crippen molar-refractivity contribution in [1.82, 2.24) is 10.7 Å². The van der Waals surface area contributed by atoms with Crippen LogP contribution < -0.4 is 26.1 Å². The molecule has 18 heavy (non-hydrogen) atoms. The second-order valence-corrected chi connectivity index (χ2v) is 3.35. The van der Waals surface area contributed by atoms with Gasteiger partial charge in [0.05, 0.1) is 20.8 Å². The van der Waals surface area contributed by atoms with Crippen LogP contribution in [0, 0.1) is 0 Å². The summed E-state index contributed by atoms with van der Waals surface area (Å²) in [5.74, 6) is 4.97. The largest absolute Gasteiger partial charge is 0.497 e. The van der Waals surface area contributed by atoms with Gasteiger partial charge in [0.25, 0.3) is 11.8 Å². The molecule has 0 aliphatic heterocycles. The number of amides is 2. The highest BCUT2D eigenvalue weighted by Gasteiger charge is 2.10. The van der Waals surface area contributed by atoms with Gasteiger partial charge in [0, 0.05) is 11.6 Å². The van der Waals surface area contributed by atoms with Crippen LogP contribution in [0.3, 0.4) is 0 Å². The van der Waals surface area contributed by atoms with E-state index in [9.17, 15) is 9.59 Å². The topological polar surface area (TPSA) is 103 Å². The highest BCUT2D eigenvalue weighted by molar-refractivity contribution is 5.97. The van der Waals surface area contributed by atoms with E-state index in [1.54, 1.807) is 6.07 Å². The Bertz CT molecular complexity index is 426. The minimum Gasteiger partial charge on any atom is -0.497 e. The molecule has 0 atom stereocenters. The quantitative estimate of drug-likeness (QED) is 0.370. The van der Waals surface area contributed by atoms with Gasteiger partial charge < -0.3 is 14.8 Å². The molecule has 2 amide bonds. The summed E-state index contributed by atoms with van der Waals surface area (Å²) in [6.07, 6.45) is 0. The summed E-state index contributed by atoms with van der Waals surface area (Å²) in [6.45, 7) is -0.200. The minimum atomic E-state index is -0.488. The number of carbonyl (C=O) groups excluding carboxylic acids is 2. The molecular weight excluding hydrogens is 238 g/mol. The molecule has 0 spiro atoms. The number of hydrogen-bond donors (Lipinski definition) is 3. The molecule has 0 saturated heterocycles. The van der Waals surface area contributed by atoms with Crippen LogP contribution in [0.5, 0.6) is 11.5 Å². The van der Waals surface area contributed by atoms with Crippen LogP contribution in [0.1, 0.15) is 10.4 Å². The molecule has 0 unspecified atom stereocenters. The van der Waals surface area contributed by atoms with E-state index in [1.807, 2.05) is 5.43 Å². The van der Waals surface area contributed by atoms with Gasteiger partial charge in [-0.1, -0.05) is 0 Å². The number of carbonyl (C=O) groups is 2. The Morgan fingerprint density at radius 2 is 1.72 bits per heavy atom. The first-order valence-electron chi connectivity index (χ1n) is 5.11. The molecule has 4 N–H and O–H groups in total. The van der Waals surface area contributed by atoms with Gasteiger partial charge in [-0.05, 0) is 12.1 Å². The Kier molecular flexibility index (Phi) is 4.94. The smallest absolute Gasteiger partial charge is 0.253 e. The van der Waals surface area contributed by atoms with Gasteiger partial charge in [-0.2, -0.15) is 0 Å². The van der Waals surface area contributed by atoms with E-state index in [4.69, 9.17) is 15.3 Å². The van der Waals surface area contributed by atoms with Crippen molar-refractivity contribution in [3.8, 4) is 11.5 Å². The number of methoxy groups -OCH3 is 2. The van der Waals surface area contributed by atoms with Crippen molar-refractivity contribution in [2.75, 3.05) is 20.8 Å².